The first-order valence-electron chi connectivity index (χ1n) is 6.31. The summed E-state index contributed by atoms with van der Waals surface area (Å²) in [6.45, 7) is 4.09. The van der Waals surface area contributed by atoms with Crippen molar-refractivity contribution in [3.8, 4) is 5.75 Å². The Balaban J connectivity index is 2.15. The molecule has 0 aliphatic rings. The fraction of sp³-hybridized carbons (Fsp3) is 0.357. The van der Waals surface area contributed by atoms with Gasteiger partial charge in [0.1, 0.15) is 18.2 Å². The fourth-order valence-corrected chi connectivity index (χ4v) is 2.20. The van der Waals surface area contributed by atoms with E-state index in [4.69, 9.17) is 16.3 Å². The highest BCUT2D eigenvalue weighted by molar-refractivity contribution is 6.32. The fourth-order valence-electron chi connectivity index (χ4n) is 1.95. The molecule has 2 rings (SSSR count). The summed E-state index contributed by atoms with van der Waals surface area (Å²) in [6.07, 6.45) is 3.73. The zero-order valence-electron chi connectivity index (χ0n) is 11.2. The number of ether oxygens (including phenoxy) is 1. The summed E-state index contributed by atoms with van der Waals surface area (Å²) in [7, 11) is 1.90. The van der Waals surface area contributed by atoms with Gasteiger partial charge in [-0.3, -0.25) is 0 Å². The van der Waals surface area contributed by atoms with E-state index in [9.17, 15) is 0 Å². The van der Waals surface area contributed by atoms with Crippen LogP contribution in [0.25, 0.3) is 0 Å². The monoisotopic (exact) mass is 279 g/mol. The largest absolute Gasteiger partial charge is 0.484 e. The molecular formula is C14H18ClN3O. The van der Waals surface area contributed by atoms with Gasteiger partial charge >= 0.3 is 0 Å². The Morgan fingerprint density at radius 3 is 3.00 bits per heavy atom. The molecule has 102 valence electrons. The number of nitrogens with one attached hydrogen (secondary N) is 1. The minimum absolute atomic E-state index is 0.418. The lowest BCUT2D eigenvalue weighted by Crippen LogP contribution is -2.10. The Morgan fingerprint density at radius 2 is 2.26 bits per heavy atom. The van der Waals surface area contributed by atoms with Crippen LogP contribution in [0.15, 0.2) is 30.6 Å². The van der Waals surface area contributed by atoms with Gasteiger partial charge in [-0.05, 0) is 20.0 Å². The van der Waals surface area contributed by atoms with E-state index < -0.39 is 0 Å². The molecule has 19 heavy (non-hydrogen) atoms. The number of halogens is 1. The Hall–Kier alpha value is -1.52. The zero-order valence-corrected chi connectivity index (χ0v) is 11.9. The zero-order chi connectivity index (χ0) is 13.7. The van der Waals surface area contributed by atoms with E-state index in [0.29, 0.717) is 11.6 Å². The number of nitrogens with zero attached hydrogens (tertiary/aromatic N) is 2. The van der Waals surface area contributed by atoms with Gasteiger partial charge in [0.05, 0.1) is 5.02 Å². The predicted octanol–water partition coefficient (Wildman–Crippen LogP) is 2.85. The van der Waals surface area contributed by atoms with Crippen LogP contribution in [0.1, 0.15) is 18.3 Å². The number of para-hydroxylation sites is 1. The second-order valence-corrected chi connectivity index (χ2v) is 4.58. The minimum Gasteiger partial charge on any atom is -0.484 e. The maximum Gasteiger partial charge on any atom is 0.146 e. The number of aromatic nitrogens is 2. The third-order valence-corrected chi connectivity index (χ3v) is 3.20. The van der Waals surface area contributed by atoms with Crippen LogP contribution in [0, 0.1) is 0 Å². The normalized spacial score (nSPS) is 10.7. The van der Waals surface area contributed by atoms with Crippen LogP contribution < -0.4 is 10.1 Å². The Kier molecular flexibility index (Phi) is 4.82. The summed E-state index contributed by atoms with van der Waals surface area (Å²) in [5, 5.41) is 3.74. The van der Waals surface area contributed by atoms with Gasteiger partial charge in [0.25, 0.3) is 0 Å². The van der Waals surface area contributed by atoms with E-state index in [1.54, 1.807) is 6.20 Å². The van der Waals surface area contributed by atoms with Gasteiger partial charge in [-0.15, -0.1) is 0 Å². The van der Waals surface area contributed by atoms with E-state index >= 15 is 0 Å². The molecule has 0 amide bonds. The standard InChI is InChI=1S/C14H18ClN3O/c1-3-18-8-7-17-13(18)10-19-14-11(9-16-2)5-4-6-12(14)15/h4-8,16H,3,9-10H2,1-2H3. The minimum atomic E-state index is 0.418. The highest BCUT2D eigenvalue weighted by atomic mass is 35.5. The van der Waals surface area contributed by atoms with Crippen molar-refractivity contribution in [2.24, 2.45) is 0 Å². The molecule has 0 aliphatic carbocycles. The van der Waals surface area contributed by atoms with Crippen LogP contribution in [0.5, 0.6) is 5.75 Å². The van der Waals surface area contributed by atoms with Crippen molar-refractivity contribution >= 4 is 11.6 Å². The van der Waals surface area contributed by atoms with Crippen molar-refractivity contribution in [3.05, 3.63) is 47.0 Å². The van der Waals surface area contributed by atoms with Crippen LogP contribution in [0.2, 0.25) is 5.02 Å². The molecule has 0 atom stereocenters. The molecule has 1 heterocycles. The molecule has 0 saturated heterocycles. The van der Waals surface area contributed by atoms with E-state index in [1.165, 1.54) is 0 Å². The highest BCUT2D eigenvalue weighted by Gasteiger charge is 2.09. The molecule has 0 radical (unpaired) electrons. The summed E-state index contributed by atoms with van der Waals surface area (Å²) in [5.74, 6) is 1.63. The molecule has 0 unspecified atom stereocenters. The van der Waals surface area contributed by atoms with Crippen LogP contribution in [-0.4, -0.2) is 16.6 Å². The first-order chi connectivity index (χ1) is 9.26. The molecule has 0 bridgehead atoms. The molecule has 5 heteroatoms. The Labute approximate surface area is 118 Å². The van der Waals surface area contributed by atoms with Gasteiger partial charge < -0.3 is 14.6 Å². The molecule has 1 aromatic heterocycles. The summed E-state index contributed by atoms with van der Waals surface area (Å²) in [5.41, 5.74) is 1.05. The molecule has 0 aliphatic heterocycles. The molecule has 0 fully saturated rings. The lowest BCUT2D eigenvalue weighted by atomic mass is 10.2. The van der Waals surface area contributed by atoms with Crippen LogP contribution in [0.3, 0.4) is 0 Å². The molecule has 1 aromatic carbocycles. The summed E-state index contributed by atoms with van der Waals surface area (Å²) in [6, 6.07) is 5.77. The van der Waals surface area contributed by atoms with Gasteiger partial charge in [0.2, 0.25) is 0 Å². The third-order valence-electron chi connectivity index (χ3n) is 2.90. The molecule has 0 spiro atoms. The van der Waals surface area contributed by atoms with Gasteiger partial charge in [0.15, 0.2) is 0 Å². The van der Waals surface area contributed by atoms with Crippen molar-refractivity contribution in [2.75, 3.05) is 7.05 Å². The number of hydrogen-bond donors (Lipinski definition) is 1. The van der Waals surface area contributed by atoms with Crippen molar-refractivity contribution < 1.29 is 4.74 Å². The second-order valence-electron chi connectivity index (χ2n) is 4.18. The second kappa shape index (κ2) is 6.59. The first kappa shape index (κ1) is 13.9. The van der Waals surface area contributed by atoms with Crippen molar-refractivity contribution in [1.29, 1.82) is 0 Å². The average Bonchev–Trinajstić information content (AvgIpc) is 2.86. The van der Waals surface area contributed by atoms with E-state index in [1.807, 2.05) is 31.4 Å². The van der Waals surface area contributed by atoms with E-state index in [2.05, 4.69) is 21.8 Å². The average molecular weight is 280 g/mol. The topological polar surface area (TPSA) is 39.1 Å². The molecule has 2 aromatic rings. The lowest BCUT2D eigenvalue weighted by Gasteiger charge is -2.13. The lowest BCUT2D eigenvalue weighted by molar-refractivity contribution is 0.286. The van der Waals surface area contributed by atoms with Crippen molar-refractivity contribution in [2.45, 2.75) is 26.6 Å². The highest BCUT2D eigenvalue weighted by Crippen LogP contribution is 2.29. The number of rotatable bonds is 6. The molecule has 4 nitrogen and oxygen atoms in total. The predicted molar refractivity (Wildman–Crippen MR) is 76.4 cm³/mol. The number of hydrogen-bond acceptors (Lipinski definition) is 3. The van der Waals surface area contributed by atoms with Gasteiger partial charge in [-0.2, -0.15) is 0 Å². The number of benzene rings is 1. The van der Waals surface area contributed by atoms with Crippen LogP contribution in [0.4, 0.5) is 0 Å². The summed E-state index contributed by atoms with van der Waals surface area (Å²) in [4.78, 5) is 4.29. The molecular weight excluding hydrogens is 262 g/mol. The van der Waals surface area contributed by atoms with Crippen molar-refractivity contribution in [3.63, 3.8) is 0 Å². The summed E-state index contributed by atoms with van der Waals surface area (Å²) < 4.78 is 7.90. The SMILES string of the molecule is CCn1ccnc1COc1c(Cl)cccc1CNC. The molecule has 1 N–H and O–H groups in total. The number of imidazole rings is 1. The number of aryl methyl sites for hydroxylation is 1. The van der Waals surface area contributed by atoms with Crippen molar-refractivity contribution in [1.82, 2.24) is 14.9 Å². The maximum atomic E-state index is 6.20. The quantitative estimate of drug-likeness (QED) is 0.884. The Morgan fingerprint density at radius 1 is 1.42 bits per heavy atom. The van der Waals surface area contributed by atoms with Gasteiger partial charge in [-0.1, -0.05) is 23.7 Å². The summed E-state index contributed by atoms with van der Waals surface area (Å²) >= 11 is 6.20. The van der Waals surface area contributed by atoms with E-state index in [0.717, 1.165) is 30.2 Å². The smallest absolute Gasteiger partial charge is 0.146 e. The Bertz CT molecular complexity index is 539. The van der Waals surface area contributed by atoms with E-state index in [-0.39, 0.29) is 0 Å². The third kappa shape index (κ3) is 3.28. The van der Waals surface area contributed by atoms with Gasteiger partial charge in [-0.25, -0.2) is 4.98 Å². The molecule has 0 saturated carbocycles. The first-order valence-corrected chi connectivity index (χ1v) is 6.68. The van der Waals surface area contributed by atoms with Crippen LogP contribution in [-0.2, 0) is 19.7 Å². The van der Waals surface area contributed by atoms with Gasteiger partial charge in [0, 0.05) is 31.0 Å². The van der Waals surface area contributed by atoms with Crippen LogP contribution >= 0.6 is 11.6 Å². The maximum absolute atomic E-state index is 6.20.